The third kappa shape index (κ3) is 2.46. The van der Waals surface area contributed by atoms with E-state index in [0.29, 0.717) is 0 Å². The molecule has 0 atom stereocenters. The number of nitrogens with one attached hydrogen (secondary N) is 2. The maximum atomic E-state index is 11.8. The van der Waals surface area contributed by atoms with Crippen molar-refractivity contribution in [2.24, 2.45) is 0 Å². The van der Waals surface area contributed by atoms with Gasteiger partial charge in [-0.1, -0.05) is 36.4 Å². The van der Waals surface area contributed by atoms with Gasteiger partial charge in [0.25, 0.3) is 0 Å². The fourth-order valence-electron chi connectivity index (χ4n) is 3.29. The highest BCUT2D eigenvalue weighted by molar-refractivity contribution is 5.89. The Hall–Kier alpha value is -3.01. The smallest absolute Gasteiger partial charge is 0.310 e. The molecular weight excluding hydrogens is 300 g/mol. The van der Waals surface area contributed by atoms with Gasteiger partial charge in [0.15, 0.2) is 0 Å². The molecule has 0 bridgehead atoms. The summed E-state index contributed by atoms with van der Waals surface area (Å²) in [7, 11) is 1.43. The Morgan fingerprint density at radius 3 is 2.50 bits per heavy atom. The summed E-state index contributed by atoms with van der Waals surface area (Å²) in [5.41, 5.74) is 5.46. The van der Waals surface area contributed by atoms with Gasteiger partial charge < -0.3 is 14.7 Å². The topological polar surface area (TPSA) is 57.9 Å². The van der Waals surface area contributed by atoms with Gasteiger partial charge in [-0.3, -0.25) is 4.79 Å². The van der Waals surface area contributed by atoms with Crippen molar-refractivity contribution < 1.29 is 9.53 Å². The van der Waals surface area contributed by atoms with Gasteiger partial charge in [0, 0.05) is 40.1 Å². The van der Waals surface area contributed by atoms with Crippen molar-refractivity contribution in [2.45, 2.75) is 12.8 Å². The Morgan fingerprint density at radius 2 is 1.71 bits per heavy atom. The molecule has 2 heterocycles. The van der Waals surface area contributed by atoms with Gasteiger partial charge in [-0.05, 0) is 23.3 Å². The number of hydrogen-bond acceptors (Lipinski definition) is 2. The number of rotatable bonds is 4. The van der Waals surface area contributed by atoms with Crippen LogP contribution >= 0.6 is 0 Å². The average Bonchev–Trinajstić information content (AvgIpc) is 3.17. The van der Waals surface area contributed by atoms with Crippen LogP contribution in [0.3, 0.4) is 0 Å². The number of aromatic nitrogens is 2. The lowest BCUT2D eigenvalue weighted by atomic mass is 10.0. The highest BCUT2D eigenvalue weighted by Gasteiger charge is 2.16. The highest BCUT2D eigenvalue weighted by atomic mass is 16.5. The molecule has 4 nitrogen and oxygen atoms in total. The average molecular weight is 318 g/mol. The molecule has 0 aliphatic rings. The highest BCUT2D eigenvalue weighted by Crippen LogP contribution is 2.27. The Labute approximate surface area is 139 Å². The molecule has 4 heteroatoms. The maximum absolute atomic E-state index is 11.8. The van der Waals surface area contributed by atoms with Crippen molar-refractivity contribution in [3.63, 3.8) is 0 Å². The Kier molecular flexibility index (Phi) is 3.58. The van der Waals surface area contributed by atoms with E-state index in [2.05, 4.69) is 22.1 Å². The van der Waals surface area contributed by atoms with E-state index < -0.39 is 0 Å². The third-order valence-corrected chi connectivity index (χ3v) is 4.49. The van der Waals surface area contributed by atoms with Crippen LogP contribution in [0.5, 0.6) is 0 Å². The monoisotopic (exact) mass is 318 g/mol. The molecule has 0 saturated heterocycles. The Balaban J connectivity index is 1.80. The molecule has 0 aliphatic heterocycles. The van der Waals surface area contributed by atoms with Crippen LogP contribution in [0.2, 0.25) is 0 Å². The van der Waals surface area contributed by atoms with E-state index in [9.17, 15) is 4.79 Å². The number of ether oxygens (including phenoxy) is 1. The largest absolute Gasteiger partial charge is 0.469 e. The summed E-state index contributed by atoms with van der Waals surface area (Å²) in [5.74, 6) is -0.222. The number of carbonyl (C=O) groups excluding carboxylic acids is 1. The van der Waals surface area contributed by atoms with Crippen LogP contribution in [0.25, 0.3) is 21.8 Å². The summed E-state index contributed by atoms with van der Waals surface area (Å²) in [5, 5.41) is 2.29. The molecule has 2 aromatic carbocycles. The van der Waals surface area contributed by atoms with Gasteiger partial charge >= 0.3 is 5.97 Å². The van der Waals surface area contributed by atoms with Crippen LogP contribution in [0.15, 0.2) is 54.7 Å². The first-order valence-corrected chi connectivity index (χ1v) is 7.96. The van der Waals surface area contributed by atoms with E-state index in [1.807, 2.05) is 42.6 Å². The van der Waals surface area contributed by atoms with Gasteiger partial charge in [0.05, 0.1) is 13.5 Å². The fraction of sp³-hybridized carbons (Fsp3) is 0.150. The number of fused-ring (bicyclic) bond motifs is 2. The minimum Gasteiger partial charge on any atom is -0.469 e. The number of aromatic amines is 2. The lowest BCUT2D eigenvalue weighted by Crippen LogP contribution is -2.06. The van der Waals surface area contributed by atoms with Crippen LogP contribution < -0.4 is 0 Å². The second kappa shape index (κ2) is 5.89. The van der Waals surface area contributed by atoms with Crippen molar-refractivity contribution in [3.05, 3.63) is 71.5 Å². The standard InChI is InChI=1S/C20H18N2O2/c1-24-20(23)11-16-15-7-3-5-9-18(15)22-19(16)10-13-12-21-17-8-4-2-6-14(13)17/h2-9,12,21-22H,10-11H2,1H3. The van der Waals surface area contributed by atoms with E-state index >= 15 is 0 Å². The molecule has 4 rings (SSSR count). The molecule has 0 amide bonds. The van der Waals surface area contributed by atoms with Gasteiger partial charge in [-0.2, -0.15) is 0 Å². The molecule has 0 unspecified atom stereocenters. The van der Waals surface area contributed by atoms with Gasteiger partial charge in [-0.15, -0.1) is 0 Å². The van der Waals surface area contributed by atoms with Crippen molar-refractivity contribution in [3.8, 4) is 0 Å². The van der Waals surface area contributed by atoms with Crippen molar-refractivity contribution in [1.82, 2.24) is 9.97 Å². The summed E-state index contributed by atoms with van der Waals surface area (Å²) in [6.45, 7) is 0. The summed E-state index contributed by atoms with van der Waals surface area (Å²) >= 11 is 0. The molecule has 2 aromatic heterocycles. The number of esters is 1. The number of hydrogen-bond donors (Lipinski definition) is 2. The van der Waals surface area contributed by atoms with E-state index in [1.165, 1.54) is 18.1 Å². The molecule has 0 aliphatic carbocycles. The number of para-hydroxylation sites is 2. The van der Waals surface area contributed by atoms with Crippen LogP contribution in [-0.4, -0.2) is 23.0 Å². The zero-order chi connectivity index (χ0) is 16.5. The summed E-state index contributed by atoms with van der Waals surface area (Å²) in [6, 6.07) is 16.3. The minimum atomic E-state index is -0.222. The SMILES string of the molecule is COC(=O)Cc1c(Cc2c[nH]c3ccccc23)[nH]c2ccccc12. The second-order valence-electron chi connectivity index (χ2n) is 5.92. The second-order valence-corrected chi connectivity index (χ2v) is 5.92. The number of benzene rings is 2. The normalized spacial score (nSPS) is 11.2. The van der Waals surface area contributed by atoms with Gasteiger partial charge in [-0.25, -0.2) is 0 Å². The molecule has 120 valence electrons. The number of methoxy groups -OCH3 is 1. The molecule has 24 heavy (non-hydrogen) atoms. The minimum absolute atomic E-state index is 0.222. The van der Waals surface area contributed by atoms with Gasteiger partial charge in [0.2, 0.25) is 0 Å². The summed E-state index contributed by atoms with van der Waals surface area (Å²) < 4.78 is 4.87. The van der Waals surface area contributed by atoms with Crippen LogP contribution in [-0.2, 0) is 22.4 Å². The Morgan fingerprint density at radius 1 is 1.00 bits per heavy atom. The van der Waals surface area contributed by atoms with Crippen LogP contribution in [0, 0.1) is 0 Å². The lowest BCUT2D eigenvalue weighted by Gasteiger charge is -2.04. The number of carbonyl (C=O) groups is 1. The molecule has 0 radical (unpaired) electrons. The van der Waals surface area contributed by atoms with Crippen LogP contribution in [0.4, 0.5) is 0 Å². The van der Waals surface area contributed by atoms with Crippen molar-refractivity contribution >= 4 is 27.8 Å². The summed E-state index contributed by atoms with van der Waals surface area (Å²) in [4.78, 5) is 18.6. The van der Waals surface area contributed by atoms with E-state index in [-0.39, 0.29) is 12.4 Å². The zero-order valence-corrected chi connectivity index (χ0v) is 13.4. The predicted octanol–water partition coefficient (Wildman–Crippen LogP) is 3.96. The quantitative estimate of drug-likeness (QED) is 0.560. The van der Waals surface area contributed by atoms with Crippen LogP contribution in [0.1, 0.15) is 16.8 Å². The first-order chi connectivity index (χ1) is 11.8. The zero-order valence-electron chi connectivity index (χ0n) is 13.4. The summed E-state index contributed by atoms with van der Waals surface area (Å²) in [6.07, 6.45) is 3.06. The van der Waals surface area contributed by atoms with E-state index in [1.54, 1.807) is 0 Å². The van der Waals surface area contributed by atoms with E-state index in [0.717, 1.165) is 34.1 Å². The molecule has 2 N–H and O–H groups in total. The first kappa shape index (κ1) is 14.6. The Bertz CT molecular complexity index is 1030. The van der Waals surface area contributed by atoms with Crippen molar-refractivity contribution in [2.75, 3.05) is 7.11 Å². The molecule has 0 spiro atoms. The van der Waals surface area contributed by atoms with Crippen molar-refractivity contribution in [1.29, 1.82) is 0 Å². The third-order valence-electron chi connectivity index (χ3n) is 4.49. The molecule has 0 fully saturated rings. The lowest BCUT2D eigenvalue weighted by molar-refractivity contribution is -0.139. The molecule has 0 saturated carbocycles. The maximum Gasteiger partial charge on any atom is 0.310 e. The molecule has 4 aromatic rings. The van der Waals surface area contributed by atoms with Gasteiger partial charge in [0.1, 0.15) is 0 Å². The number of H-pyrrole nitrogens is 2. The molecular formula is C20H18N2O2. The fourth-order valence-corrected chi connectivity index (χ4v) is 3.29. The van der Waals surface area contributed by atoms with E-state index in [4.69, 9.17) is 4.74 Å². The predicted molar refractivity (Wildman–Crippen MR) is 95.1 cm³/mol. The first-order valence-electron chi connectivity index (χ1n) is 7.96.